The smallest absolute Gasteiger partial charge is 0.0697 e. The fourth-order valence-electron chi connectivity index (χ4n) is 0.694. The van der Waals surface area contributed by atoms with Crippen LogP contribution < -0.4 is 0 Å². The van der Waals surface area contributed by atoms with Gasteiger partial charge >= 0.3 is 0 Å². The first-order valence-corrected chi connectivity index (χ1v) is 5.17. The van der Waals surface area contributed by atoms with Crippen LogP contribution in [0.2, 0.25) is 0 Å². The SMILES string of the molecule is CCC(CO)(CO)CO.CCOCCO. The van der Waals surface area contributed by atoms with Crippen LogP contribution in [0.1, 0.15) is 20.3 Å². The van der Waals surface area contributed by atoms with Crippen LogP contribution in [0.4, 0.5) is 0 Å². The lowest BCUT2D eigenvalue weighted by atomic mass is 9.88. The molecule has 0 aliphatic rings. The van der Waals surface area contributed by atoms with Crippen molar-refractivity contribution in [2.24, 2.45) is 5.41 Å². The molecule has 0 fully saturated rings. The topological polar surface area (TPSA) is 90.2 Å². The minimum atomic E-state index is -0.667. The van der Waals surface area contributed by atoms with Crippen LogP contribution in [0.15, 0.2) is 0 Å². The van der Waals surface area contributed by atoms with Gasteiger partial charge in [-0.25, -0.2) is 0 Å². The summed E-state index contributed by atoms with van der Waals surface area (Å²) in [5, 5.41) is 34.0. The Kier molecular flexibility index (Phi) is 13.6. The highest BCUT2D eigenvalue weighted by molar-refractivity contribution is 4.74. The number of hydrogen-bond acceptors (Lipinski definition) is 5. The normalized spacial score (nSPS) is 10.8. The summed E-state index contributed by atoms with van der Waals surface area (Å²) in [6.07, 6.45) is 0.594. The van der Waals surface area contributed by atoms with Crippen LogP contribution in [0.3, 0.4) is 0 Å². The second kappa shape index (κ2) is 11.9. The third-order valence-electron chi connectivity index (χ3n) is 2.20. The molecule has 0 aliphatic heterocycles. The molecule has 0 saturated carbocycles. The zero-order chi connectivity index (χ0) is 12.2. The lowest BCUT2D eigenvalue weighted by molar-refractivity contribution is 0.00304. The van der Waals surface area contributed by atoms with Crippen molar-refractivity contribution >= 4 is 0 Å². The zero-order valence-electron chi connectivity index (χ0n) is 9.65. The monoisotopic (exact) mass is 224 g/mol. The number of aliphatic hydroxyl groups is 4. The summed E-state index contributed by atoms with van der Waals surface area (Å²) in [5.74, 6) is 0. The Morgan fingerprint density at radius 2 is 1.40 bits per heavy atom. The van der Waals surface area contributed by atoms with Crippen LogP contribution in [0, 0.1) is 5.41 Å². The zero-order valence-corrected chi connectivity index (χ0v) is 9.65. The van der Waals surface area contributed by atoms with Gasteiger partial charge in [0.05, 0.1) is 33.0 Å². The molecule has 0 rings (SSSR count). The largest absolute Gasteiger partial charge is 0.396 e. The maximum absolute atomic E-state index is 8.66. The van der Waals surface area contributed by atoms with E-state index in [0.29, 0.717) is 19.6 Å². The Morgan fingerprint density at radius 1 is 0.933 bits per heavy atom. The molecule has 0 aliphatic carbocycles. The van der Waals surface area contributed by atoms with Gasteiger partial charge in [0.1, 0.15) is 0 Å². The van der Waals surface area contributed by atoms with Gasteiger partial charge in [0.2, 0.25) is 0 Å². The predicted octanol–water partition coefficient (Wildman–Crippen LogP) is -0.625. The van der Waals surface area contributed by atoms with E-state index >= 15 is 0 Å². The highest BCUT2D eigenvalue weighted by Crippen LogP contribution is 2.18. The van der Waals surface area contributed by atoms with Gasteiger partial charge in [-0.15, -0.1) is 0 Å². The maximum atomic E-state index is 8.66. The third kappa shape index (κ3) is 8.77. The molecule has 0 saturated heterocycles. The Morgan fingerprint density at radius 3 is 1.47 bits per heavy atom. The molecule has 0 radical (unpaired) electrons. The van der Waals surface area contributed by atoms with E-state index in [1.54, 1.807) is 0 Å². The Labute approximate surface area is 91.3 Å². The summed E-state index contributed by atoms with van der Waals surface area (Å²) < 4.78 is 4.73. The van der Waals surface area contributed by atoms with E-state index < -0.39 is 5.41 Å². The summed E-state index contributed by atoms with van der Waals surface area (Å²) in [5.41, 5.74) is -0.667. The van der Waals surface area contributed by atoms with Gasteiger partial charge in [0, 0.05) is 12.0 Å². The minimum absolute atomic E-state index is 0.133. The molecule has 94 valence electrons. The van der Waals surface area contributed by atoms with Gasteiger partial charge in [-0.2, -0.15) is 0 Å². The van der Waals surface area contributed by atoms with E-state index in [-0.39, 0.29) is 26.4 Å². The summed E-state index contributed by atoms with van der Waals surface area (Å²) in [7, 11) is 0. The number of ether oxygens (including phenoxy) is 1. The van der Waals surface area contributed by atoms with Crippen LogP contribution in [-0.4, -0.2) is 60.1 Å². The summed E-state index contributed by atoms with van der Waals surface area (Å²) >= 11 is 0. The first-order chi connectivity index (χ1) is 7.16. The predicted molar refractivity (Wildman–Crippen MR) is 57.6 cm³/mol. The van der Waals surface area contributed by atoms with Crippen LogP contribution in [0.5, 0.6) is 0 Å². The molecule has 0 aromatic carbocycles. The molecule has 0 bridgehead atoms. The van der Waals surface area contributed by atoms with E-state index in [2.05, 4.69) is 0 Å². The first-order valence-electron chi connectivity index (χ1n) is 5.17. The molecule has 15 heavy (non-hydrogen) atoms. The van der Waals surface area contributed by atoms with Gasteiger partial charge in [-0.05, 0) is 13.3 Å². The second-order valence-corrected chi connectivity index (χ2v) is 3.25. The van der Waals surface area contributed by atoms with Crippen LogP contribution in [0.25, 0.3) is 0 Å². The molecule has 0 aromatic heterocycles. The molecule has 5 nitrogen and oxygen atoms in total. The molecule has 5 heteroatoms. The van der Waals surface area contributed by atoms with Gasteiger partial charge in [0.15, 0.2) is 0 Å². The average molecular weight is 224 g/mol. The van der Waals surface area contributed by atoms with Gasteiger partial charge < -0.3 is 25.2 Å². The number of aliphatic hydroxyl groups excluding tert-OH is 4. The van der Waals surface area contributed by atoms with E-state index in [1.807, 2.05) is 13.8 Å². The summed E-state index contributed by atoms with van der Waals surface area (Å²) in [4.78, 5) is 0. The van der Waals surface area contributed by atoms with E-state index in [9.17, 15) is 0 Å². The lowest BCUT2D eigenvalue weighted by Crippen LogP contribution is -2.32. The highest BCUT2D eigenvalue weighted by atomic mass is 16.5. The molecular formula is C10H24O5. The van der Waals surface area contributed by atoms with E-state index in [0.717, 1.165) is 0 Å². The van der Waals surface area contributed by atoms with Crippen molar-refractivity contribution < 1.29 is 25.2 Å². The molecule has 0 heterocycles. The summed E-state index contributed by atoms with van der Waals surface area (Å²) in [6, 6.07) is 0. The standard InChI is InChI=1S/C6H14O3.C4H10O2/c1-2-6(3-7,4-8)5-9;1-2-6-4-3-5/h7-9H,2-5H2,1H3;5H,2-4H2,1H3. The minimum Gasteiger partial charge on any atom is -0.396 e. The molecular weight excluding hydrogens is 200 g/mol. The Bertz CT molecular complexity index is 92.9. The molecule has 4 N–H and O–H groups in total. The fourth-order valence-corrected chi connectivity index (χ4v) is 0.694. The van der Waals surface area contributed by atoms with Gasteiger partial charge in [-0.1, -0.05) is 6.92 Å². The van der Waals surface area contributed by atoms with Gasteiger partial charge in [-0.3, -0.25) is 0 Å². The average Bonchev–Trinajstić information content (AvgIpc) is 2.31. The lowest BCUT2D eigenvalue weighted by Gasteiger charge is -2.24. The highest BCUT2D eigenvalue weighted by Gasteiger charge is 2.24. The molecule has 0 amide bonds. The van der Waals surface area contributed by atoms with Crippen molar-refractivity contribution in [1.82, 2.24) is 0 Å². The molecule has 0 atom stereocenters. The Balaban J connectivity index is 0. The Hall–Kier alpha value is -0.200. The second-order valence-electron chi connectivity index (χ2n) is 3.25. The van der Waals surface area contributed by atoms with Crippen LogP contribution in [-0.2, 0) is 4.74 Å². The third-order valence-corrected chi connectivity index (χ3v) is 2.20. The molecule has 0 unspecified atom stereocenters. The van der Waals surface area contributed by atoms with E-state index in [1.165, 1.54) is 0 Å². The molecule has 0 spiro atoms. The summed E-state index contributed by atoms with van der Waals surface area (Å²) in [6.45, 7) is 4.55. The number of hydrogen-bond donors (Lipinski definition) is 4. The van der Waals surface area contributed by atoms with Crippen molar-refractivity contribution in [3.05, 3.63) is 0 Å². The van der Waals surface area contributed by atoms with Crippen molar-refractivity contribution in [2.75, 3.05) is 39.6 Å². The van der Waals surface area contributed by atoms with Crippen molar-refractivity contribution in [1.29, 1.82) is 0 Å². The van der Waals surface area contributed by atoms with E-state index in [4.69, 9.17) is 25.2 Å². The maximum Gasteiger partial charge on any atom is 0.0697 e. The number of rotatable bonds is 7. The fraction of sp³-hybridized carbons (Fsp3) is 1.00. The van der Waals surface area contributed by atoms with Crippen molar-refractivity contribution in [3.63, 3.8) is 0 Å². The van der Waals surface area contributed by atoms with Gasteiger partial charge in [0.25, 0.3) is 0 Å². The van der Waals surface area contributed by atoms with Crippen LogP contribution >= 0.6 is 0 Å². The first kappa shape index (κ1) is 17.2. The quantitative estimate of drug-likeness (QED) is 0.433. The van der Waals surface area contributed by atoms with Crippen molar-refractivity contribution in [2.45, 2.75) is 20.3 Å². The van der Waals surface area contributed by atoms with Crippen molar-refractivity contribution in [3.8, 4) is 0 Å². The molecule has 0 aromatic rings.